The normalized spacial score (nSPS) is 11.8. The molecule has 0 atom stereocenters. The van der Waals surface area contributed by atoms with Crippen molar-refractivity contribution in [1.82, 2.24) is 0 Å². The van der Waals surface area contributed by atoms with E-state index in [2.05, 4.69) is 0 Å². The number of hydrogen-bond acceptors (Lipinski definition) is 0. The van der Waals surface area contributed by atoms with Crippen molar-refractivity contribution in [2.24, 2.45) is 0 Å². The molecule has 0 aliphatic rings. The molecule has 180 valence electrons. The van der Waals surface area contributed by atoms with Crippen LogP contribution in [0.5, 0.6) is 0 Å². The minimum Gasteiger partial charge on any atom is -0.207 e. The molecule has 4 aromatic rings. The van der Waals surface area contributed by atoms with Gasteiger partial charge in [-0.1, -0.05) is 36.5 Å². The van der Waals surface area contributed by atoms with Crippen LogP contribution in [-0.4, -0.2) is 0 Å². The summed E-state index contributed by atoms with van der Waals surface area (Å²) >= 11 is 0. The average Bonchev–Trinajstić information content (AvgIpc) is 2.78. The van der Waals surface area contributed by atoms with E-state index < -0.39 is 34.9 Å². The summed E-state index contributed by atoms with van der Waals surface area (Å²) in [6.45, 7) is 0. The molecule has 0 N–H and O–H groups in total. The predicted molar refractivity (Wildman–Crippen MR) is 132 cm³/mol. The van der Waals surface area contributed by atoms with Crippen molar-refractivity contribution < 1.29 is 26.3 Å². The Labute approximate surface area is 204 Å². The van der Waals surface area contributed by atoms with Crippen LogP contribution in [0.4, 0.5) is 26.3 Å². The molecule has 0 fully saturated rings. The van der Waals surface area contributed by atoms with Crippen LogP contribution in [0.3, 0.4) is 0 Å². The van der Waals surface area contributed by atoms with E-state index in [-0.39, 0.29) is 0 Å². The molecule has 6 heteroatoms. The molecule has 0 radical (unpaired) electrons. The van der Waals surface area contributed by atoms with Crippen LogP contribution in [0.2, 0.25) is 0 Å². The molecule has 0 heterocycles. The Morgan fingerprint density at radius 1 is 0.250 bits per heavy atom. The number of halogens is 6. The zero-order chi connectivity index (χ0) is 25.7. The van der Waals surface area contributed by atoms with Gasteiger partial charge in [0.2, 0.25) is 0 Å². The summed E-state index contributed by atoms with van der Waals surface area (Å²) in [6, 6.07) is 14.7. The molecule has 0 aliphatic carbocycles. The van der Waals surface area contributed by atoms with Crippen molar-refractivity contribution in [2.45, 2.75) is 0 Å². The first-order chi connectivity index (χ1) is 17.2. The quantitative estimate of drug-likeness (QED) is 0.186. The largest absolute Gasteiger partial charge is 0.207 e. The molecule has 0 amide bonds. The summed E-state index contributed by atoms with van der Waals surface area (Å²) in [5.41, 5.74) is 2.90. The van der Waals surface area contributed by atoms with Gasteiger partial charge < -0.3 is 0 Å². The average molecular weight is 492 g/mol. The van der Waals surface area contributed by atoms with Gasteiger partial charge in [-0.05, 0) is 88.0 Å². The van der Waals surface area contributed by atoms with Crippen LogP contribution in [0.25, 0.3) is 36.5 Å². The molecule has 0 spiro atoms. The summed E-state index contributed by atoms with van der Waals surface area (Å²) in [5.74, 6) is -4.25. The van der Waals surface area contributed by atoms with Crippen LogP contribution in [0.15, 0.2) is 72.8 Å². The summed E-state index contributed by atoms with van der Waals surface area (Å²) in [4.78, 5) is 0. The maximum atomic E-state index is 13.5. The van der Waals surface area contributed by atoms with Crippen molar-refractivity contribution in [3.05, 3.63) is 141 Å². The fourth-order valence-electron chi connectivity index (χ4n) is 3.58. The van der Waals surface area contributed by atoms with E-state index in [1.165, 1.54) is 54.6 Å². The summed E-state index contributed by atoms with van der Waals surface area (Å²) < 4.78 is 81.1. The van der Waals surface area contributed by atoms with E-state index in [0.29, 0.717) is 33.4 Å². The zero-order valence-electron chi connectivity index (χ0n) is 18.7. The first kappa shape index (κ1) is 24.8. The Balaban J connectivity index is 1.70. The fraction of sp³-hybridized carbons (Fsp3) is 0. The Morgan fingerprint density at radius 3 is 0.611 bits per heavy atom. The van der Waals surface area contributed by atoms with Gasteiger partial charge in [-0.25, -0.2) is 26.3 Å². The van der Waals surface area contributed by atoms with Crippen LogP contribution >= 0.6 is 0 Å². The van der Waals surface area contributed by atoms with E-state index in [0.717, 1.165) is 18.2 Å². The second-order valence-corrected chi connectivity index (χ2v) is 8.04. The molecule has 0 aromatic heterocycles. The fourth-order valence-corrected chi connectivity index (χ4v) is 3.58. The minimum absolute atomic E-state index is 0.316. The molecule has 0 bridgehead atoms. The number of rotatable bonds is 6. The molecule has 4 aromatic carbocycles. The highest BCUT2D eigenvalue weighted by Gasteiger charge is 2.02. The zero-order valence-corrected chi connectivity index (χ0v) is 18.7. The second-order valence-electron chi connectivity index (χ2n) is 8.04. The highest BCUT2D eigenvalue weighted by atomic mass is 19.2. The smallest absolute Gasteiger partial charge is 0.126 e. The summed E-state index contributed by atoms with van der Waals surface area (Å²) in [7, 11) is 0. The SMILES string of the molecule is Fc1cc(F)cc(/C=C/c2cc(/C=C/c3cc(F)cc(F)c3)cc(/C=C/c3cc(F)cc(F)c3)c2)c1. The molecule has 0 aliphatic heterocycles. The first-order valence-corrected chi connectivity index (χ1v) is 10.8. The summed E-state index contributed by atoms with van der Waals surface area (Å²) in [6.07, 6.45) is 9.54. The van der Waals surface area contributed by atoms with Crippen LogP contribution in [-0.2, 0) is 0 Å². The highest BCUT2D eigenvalue weighted by molar-refractivity contribution is 5.78. The minimum atomic E-state index is -0.709. The first-order valence-electron chi connectivity index (χ1n) is 10.8. The van der Waals surface area contributed by atoms with Crippen molar-refractivity contribution in [3.8, 4) is 0 Å². The Morgan fingerprint density at radius 2 is 0.417 bits per heavy atom. The predicted octanol–water partition coefficient (Wildman–Crippen LogP) is 9.03. The van der Waals surface area contributed by atoms with Crippen molar-refractivity contribution in [1.29, 1.82) is 0 Å². The van der Waals surface area contributed by atoms with Crippen LogP contribution in [0, 0.1) is 34.9 Å². The van der Waals surface area contributed by atoms with E-state index in [1.54, 1.807) is 36.4 Å². The summed E-state index contributed by atoms with van der Waals surface area (Å²) in [5, 5.41) is 0. The Kier molecular flexibility index (Phi) is 7.54. The van der Waals surface area contributed by atoms with E-state index in [9.17, 15) is 26.3 Å². The number of hydrogen-bond donors (Lipinski definition) is 0. The van der Waals surface area contributed by atoms with Gasteiger partial charge in [-0.2, -0.15) is 0 Å². The molecule has 0 saturated heterocycles. The van der Waals surface area contributed by atoms with Gasteiger partial charge in [0.1, 0.15) is 34.9 Å². The van der Waals surface area contributed by atoms with E-state index in [4.69, 9.17) is 0 Å². The molecular formula is C30H18F6. The molecule has 0 unspecified atom stereocenters. The third kappa shape index (κ3) is 7.09. The van der Waals surface area contributed by atoms with Gasteiger partial charge in [0.25, 0.3) is 0 Å². The monoisotopic (exact) mass is 492 g/mol. The molecule has 4 rings (SSSR count). The lowest BCUT2D eigenvalue weighted by molar-refractivity contribution is 0.582. The van der Waals surface area contributed by atoms with Gasteiger partial charge in [0.05, 0.1) is 0 Å². The van der Waals surface area contributed by atoms with E-state index in [1.807, 2.05) is 0 Å². The van der Waals surface area contributed by atoms with Gasteiger partial charge in [-0.15, -0.1) is 0 Å². The maximum Gasteiger partial charge on any atom is 0.126 e. The lowest BCUT2D eigenvalue weighted by atomic mass is 10.0. The molecule has 36 heavy (non-hydrogen) atoms. The molecular weight excluding hydrogens is 474 g/mol. The van der Waals surface area contributed by atoms with Gasteiger partial charge >= 0.3 is 0 Å². The number of benzene rings is 4. The lowest BCUT2D eigenvalue weighted by Crippen LogP contribution is -1.85. The highest BCUT2D eigenvalue weighted by Crippen LogP contribution is 2.20. The van der Waals surface area contributed by atoms with Gasteiger partial charge in [0.15, 0.2) is 0 Å². The van der Waals surface area contributed by atoms with Crippen LogP contribution < -0.4 is 0 Å². The second kappa shape index (κ2) is 11.0. The third-order valence-corrected chi connectivity index (χ3v) is 5.06. The maximum absolute atomic E-state index is 13.5. The lowest BCUT2D eigenvalue weighted by Gasteiger charge is -2.04. The third-order valence-electron chi connectivity index (χ3n) is 5.06. The van der Waals surface area contributed by atoms with Crippen LogP contribution in [0.1, 0.15) is 33.4 Å². The topological polar surface area (TPSA) is 0 Å². The molecule has 0 nitrogen and oxygen atoms in total. The van der Waals surface area contributed by atoms with Gasteiger partial charge in [0, 0.05) is 18.2 Å². The molecule has 0 saturated carbocycles. The van der Waals surface area contributed by atoms with Crippen molar-refractivity contribution >= 4 is 36.5 Å². The van der Waals surface area contributed by atoms with Gasteiger partial charge in [-0.3, -0.25) is 0 Å². The van der Waals surface area contributed by atoms with Crippen molar-refractivity contribution in [3.63, 3.8) is 0 Å². The Bertz CT molecular complexity index is 1250. The Hall–Kier alpha value is -4.32. The standard InChI is InChI=1S/C30H18F6/c31-25-10-22(11-26(32)16-25)4-1-19-7-20(2-5-23-12-27(33)17-28(34)13-23)9-21(8-19)3-6-24-14-29(35)18-30(36)15-24/h1-18H/b4-1+,5-2+,6-3+. The van der Waals surface area contributed by atoms with Crippen molar-refractivity contribution in [2.75, 3.05) is 0 Å². The van der Waals surface area contributed by atoms with E-state index >= 15 is 0 Å².